The molecule has 2 aromatic heterocycles. The van der Waals surface area contributed by atoms with Gasteiger partial charge in [-0.25, -0.2) is 9.78 Å². The molecule has 0 fully saturated rings. The average molecular weight is 338 g/mol. The molecule has 0 saturated carbocycles. The van der Waals surface area contributed by atoms with Crippen molar-refractivity contribution in [3.63, 3.8) is 0 Å². The fourth-order valence-electron chi connectivity index (χ4n) is 2.20. The molecule has 2 rings (SSSR count). The van der Waals surface area contributed by atoms with Crippen LogP contribution in [0.2, 0.25) is 18.1 Å². The standard InChI is InChI=1S/C15H26N4O3Si/c1-7-18-13(20)11-12(17-10-16-11)19(14(18)21)8-9-22-23(5,6)15(2,3)4/h10H,7-9H2,1-6H3,(H,16,17). The minimum Gasteiger partial charge on any atom is -0.415 e. The van der Waals surface area contributed by atoms with Crippen molar-refractivity contribution in [2.75, 3.05) is 6.61 Å². The van der Waals surface area contributed by atoms with E-state index in [4.69, 9.17) is 4.43 Å². The van der Waals surface area contributed by atoms with E-state index in [-0.39, 0.29) is 16.3 Å². The van der Waals surface area contributed by atoms with Crippen LogP contribution in [0.25, 0.3) is 11.2 Å². The van der Waals surface area contributed by atoms with Crippen molar-refractivity contribution in [2.45, 2.75) is 58.9 Å². The van der Waals surface area contributed by atoms with Gasteiger partial charge in [0.05, 0.1) is 19.5 Å². The first-order chi connectivity index (χ1) is 10.6. The highest BCUT2D eigenvalue weighted by Crippen LogP contribution is 2.36. The van der Waals surface area contributed by atoms with Crippen LogP contribution in [0.5, 0.6) is 0 Å². The number of aromatic amines is 1. The summed E-state index contributed by atoms with van der Waals surface area (Å²) in [6.45, 7) is 13.8. The molecular weight excluding hydrogens is 312 g/mol. The van der Waals surface area contributed by atoms with Crippen LogP contribution < -0.4 is 11.2 Å². The molecule has 1 N–H and O–H groups in total. The van der Waals surface area contributed by atoms with Crippen LogP contribution >= 0.6 is 0 Å². The van der Waals surface area contributed by atoms with Gasteiger partial charge in [-0.15, -0.1) is 0 Å². The van der Waals surface area contributed by atoms with Crippen LogP contribution in [0.4, 0.5) is 0 Å². The van der Waals surface area contributed by atoms with Gasteiger partial charge in [0.2, 0.25) is 0 Å². The van der Waals surface area contributed by atoms with Gasteiger partial charge in [0.25, 0.3) is 5.56 Å². The van der Waals surface area contributed by atoms with Crippen molar-refractivity contribution in [1.29, 1.82) is 0 Å². The Hall–Kier alpha value is -1.67. The van der Waals surface area contributed by atoms with Crippen LogP contribution in [-0.4, -0.2) is 34.0 Å². The summed E-state index contributed by atoms with van der Waals surface area (Å²) in [5.74, 6) is 0. The topological polar surface area (TPSA) is 81.9 Å². The third kappa shape index (κ3) is 3.18. The van der Waals surface area contributed by atoms with E-state index < -0.39 is 8.32 Å². The van der Waals surface area contributed by atoms with Crippen LogP contribution in [0.3, 0.4) is 0 Å². The quantitative estimate of drug-likeness (QED) is 0.845. The second-order valence-electron chi connectivity index (χ2n) is 7.19. The molecular formula is C15H26N4O3Si. The molecule has 0 unspecified atom stereocenters. The molecule has 0 aliphatic carbocycles. The van der Waals surface area contributed by atoms with E-state index in [2.05, 4.69) is 43.8 Å². The van der Waals surface area contributed by atoms with Crippen molar-refractivity contribution >= 4 is 19.5 Å². The normalized spacial score (nSPS) is 13.0. The van der Waals surface area contributed by atoms with Gasteiger partial charge in [0.15, 0.2) is 14.0 Å². The number of fused-ring (bicyclic) bond motifs is 1. The Morgan fingerprint density at radius 2 is 1.91 bits per heavy atom. The third-order valence-corrected chi connectivity index (χ3v) is 9.23. The summed E-state index contributed by atoms with van der Waals surface area (Å²) >= 11 is 0. The van der Waals surface area contributed by atoms with E-state index in [1.807, 2.05) is 0 Å². The monoisotopic (exact) mass is 338 g/mol. The second-order valence-corrected chi connectivity index (χ2v) is 12.0. The maximum atomic E-state index is 12.5. The Balaban J connectivity index is 2.33. The van der Waals surface area contributed by atoms with Gasteiger partial charge in [0.1, 0.15) is 5.52 Å². The summed E-state index contributed by atoms with van der Waals surface area (Å²) in [5, 5.41) is 0.113. The Kier molecular flexibility index (Phi) is 4.68. The number of nitrogens with one attached hydrogen (secondary N) is 1. The number of aromatic nitrogens is 4. The van der Waals surface area contributed by atoms with Gasteiger partial charge in [-0.2, -0.15) is 0 Å². The molecule has 0 radical (unpaired) electrons. The van der Waals surface area contributed by atoms with E-state index in [9.17, 15) is 9.59 Å². The molecule has 0 aliphatic heterocycles. The zero-order valence-electron chi connectivity index (χ0n) is 14.8. The van der Waals surface area contributed by atoms with Gasteiger partial charge in [-0.1, -0.05) is 20.8 Å². The van der Waals surface area contributed by atoms with Crippen molar-refractivity contribution in [2.24, 2.45) is 0 Å². The number of hydrogen-bond donors (Lipinski definition) is 1. The molecule has 0 bridgehead atoms. The van der Waals surface area contributed by atoms with E-state index in [0.29, 0.717) is 30.9 Å². The van der Waals surface area contributed by atoms with Gasteiger partial charge < -0.3 is 9.41 Å². The Labute approximate surface area is 136 Å². The SMILES string of the molecule is CCn1c(=O)c2[nH]cnc2n(CCO[Si](C)(C)C(C)(C)C)c1=O. The highest BCUT2D eigenvalue weighted by Gasteiger charge is 2.36. The molecule has 0 atom stereocenters. The molecule has 8 heteroatoms. The van der Waals surface area contributed by atoms with Crippen molar-refractivity contribution in [3.05, 3.63) is 27.2 Å². The number of rotatable bonds is 5. The Morgan fingerprint density at radius 3 is 2.48 bits per heavy atom. The minimum absolute atomic E-state index is 0.113. The molecule has 2 aromatic rings. The highest BCUT2D eigenvalue weighted by atomic mass is 28.4. The zero-order chi connectivity index (χ0) is 17.4. The molecule has 0 aliphatic rings. The summed E-state index contributed by atoms with van der Waals surface area (Å²) in [7, 11) is -1.87. The lowest BCUT2D eigenvalue weighted by Gasteiger charge is -2.36. The molecule has 128 valence electrons. The van der Waals surface area contributed by atoms with Crippen LogP contribution in [0, 0.1) is 0 Å². The first-order valence-electron chi connectivity index (χ1n) is 7.91. The first-order valence-corrected chi connectivity index (χ1v) is 10.8. The van der Waals surface area contributed by atoms with E-state index in [1.165, 1.54) is 15.5 Å². The minimum atomic E-state index is -1.87. The van der Waals surface area contributed by atoms with E-state index in [0.717, 1.165) is 0 Å². The smallest absolute Gasteiger partial charge is 0.332 e. The number of hydrogen-bond acceptors (Lipinski definition) is 4. The summed E-state index contributed by atoms with van der Waals surface area (Å²) in [5.41, 5.74) is 0.0878. The number of H-pyrrole nitrogens is 1. The van der Waals surface area contributed by atoms with Crippen molar-refractivity contribution < 1.29 is 4.43 Å². The average Bonchev–Trinajstić information content (AvgIpc) is 2.91. The fourth-order valence-corrected chi connectivity index (χ4v) is 3.23. The summed E-state index contributed by atoms with van der Waals surface area (Å²) in [6, 6.07) is 0. The summed E-state index contributed by atoms with van der Waals surface area (Å²) in [4.78, 5) is 31.7. The number of nitrogens with zero attached hydrogens (tertiary/aromatic N) is 3. The predicted molar refractivity (Wildman–Crippen MR) is 93.4 cm³/mol. The van der Waals surface area contributed by atoms with Gasteiger partial charge >= 0.3 is 5.69 Å². The Bertz CT molecular complexity index is 811. The molecule has 0 aromatic carbocycles. The first kappa shape index (κ1) is 17.7. The molecule has 0 saturated heterocycles. The van der Waals surface area contributed by atoms with Crippen LogP contribution in [0.1, 0.15) is 27.7 Å². The Morgan fingerprint density at radius 1 is 1.26 bits per heavy atom. The zero-order valence-corrected chi connectivity index (χ0v) is 15.8. The molecule has 7 nitrogen and oxygen atoms in total. The highest BCUT2D eigenvalue weighted by molar-refractivity contribution is 6.74. The third-order valence-electron chi connectivity index (χ3n) is 4.70. The number of imidazole rings is 1. The van der Waals surface area contributed by atoms with Gasteiger partial charge in [0, 0.05) is 6.54 Å². The molecule has 2 heterocycles. The molecule has 23 heavy (non-hydrogen) atoms. The lowest BCUT2D eigenvalue weighted by Crippen LogP contribution is -2.43. The lowest BCUT2D eigenvalue weighted by molar-refractivity contribution is 0.270. The molecule has 0 spiro atoms. The molecule has 0 amide bonds. The van der Waals surface area contributed by atoms with Crippen molar-refractivity contribution in [1.82, 2.24) is 19.1 Å². The van der Waals surface area contributed by atoms with Crippen molar-refractivity contribution in [3.8, 4) is 0 Å². The predicted octanol–water partition coefficient (Wildman–Crippen LogP) is 1.93. The van der Waals surface area contributed by atoms with E-state index >= 15 is 0 Å². The lowest BCUT2D eigenvalue weighted by atomic mass is 10.2. The maximum absolute atomic E-state index is 12.5. The maximum Gasteiger partial charge on any atom is 0.332 e. The fraction of sp³-hybridized carbons (Fsp3) is 0.667. The van der Waals surface area contributed by atoms with E-state index in [1.54, 1.807) is 6.92 Å². The van der Waals surface area contributed by atoms with Gasteiger partial charge in [-0.3, -0.25) is 13.9 Å². The van der Waals surface area contributed by atoms with Crippen LogP contribution in [0.15, 0.2) is 15.9 Å². The summed E-state index contributed by atoms with van der Waals surface area (Å²) < 4.78 is 8.87. The second kappa shape index (κ2) is 6.08. The largest absolute Gasteiger partial charge is 0.415 e. The van der Waals surface area contributed by atoms with Gasteiger partial charge in [-0.05, 0) is 25.1 Å². The van der Waals surface area contributed by atoms with Crippen LogP contribution in [-0.2, 0) is 17.5 Å². The summed E-state index contributed by atoms with van der Waals surface area (Å²) in [6.07, 6.45) is 1.44.